The van der Waals surface area contributed by atoms with Crippen molar-refractivity contribution in [2.45, 2.75) is 57.3 Å². The highest BCUT2D eigenvalue weighted by Gasteiger charge is 2.55. The fourth-order valence-electron chi connectivity index (χ4n) is 6.97. The average Bonchev–Trinajstić information content (AvgIpc) is 3.38. The zero-order valence-electron chi connectivity index (χ0n) is 16.2. The molecule has 5 aliphatic rings. The van der Waals surface area contributed by atoms with Gasteiger partial charge in [0, 0.05) is 24.0 Å². The maximum atomic E-state index is 13.7. The molecule has 4 bridgehead atoms. The Hall–Kier alpha value is -1.69. The van der Waals surface area contributed by atoms with Crippen molar-refractivity contribution in [3.63, 3.8) is 0 Å². The average molecular weight is 398 g/mol. The summed E-state index contributed by atoms with van der Waals surface area (Å²) in [5.74, 6) is 4.32. The third-order valence-corrected chi connectivity index (χ3v) is 8.44. The van der Waals surface area contributed by atoms with Gasteiger partial charge in [-0.05, 0) is 80.6 Å². The Morgan fingerprint density at radius 3 is 2.57 bits per heavy atom. The molecule has 2 aromatic rings. The van der Waals surface area contributed by atoms with E-state index in [1.165, 1.54) is 19.3 Å². The van der Waals surface area contributed by atoms with Gasteiger partial charge in [0.25, 0.3) is 0 Å². The minimum atomic E-state index is -0.0483. The molecule has 1 aliphatic heterocycles. The van der Waals surface area contributed by atoms with Crippen LogP contribution in [0.15, 0.2) is 21.2 Å². The number of aromatic nitrogens is 2. The second-order valence-corrected chi connectivity index (χ2v) is 10.5. The number of amides is 1. The molecule has 4 saturated carbocycles. The first-order chi connectivity index (χ1) is 13.7. The summed E-state index contributed by atoms with van der Waals surface area (Å²) in [4.78, 5) is 15.8. The van der Waals surface area contributed by atoms with Crippen molar-refractivity contribution >= 4 is 17.2 Å². The molecule has 0 aromatic carbocycles. The van der Waals surface area contributed by atoms with Crippen molar-refractivity contribution in [1.82, 2.24) is 15.1 Å². The highest BCUT2D eigenvalue weighted by Crippen LogP contribution is 2.60. The van der Waals surface area contributed by atoms with Crippen LogP contribution in [0.1, 0.15) is 63.2 Å². The van der Waals surface area contributed by atoms with Crippen molar-refractivity contribution in [3.05, 3.63) is 22.7 Å². The number of carbonyl (C=O) groups is 1. The van der Waals surface area contributed by atoms with Crippen LogP contribution in [-0.4, -0.2) is 34.1 Å². The van der Waals surface area contributed by atoms with E-state index in [2.05, 4.69) is 15.1 Å². The number of piperidine rings is 1. The molecule has 0 radical (unpaired) electrons. The molecule has 5 nitrogen and oxygen atoms in total. The van der Waals surface area contributed by atoms with Gasteiger partial charge in [-0.1, -0.05) is 0 Å². The quantitative estimate of drug-likeness (QED) is 0.752. The molecule has 0 spiro atoms. The van der Waals surface area contributed by atoms with E-state index in [1.54, 1.807) is 11.3 Å². The number of nitrogens with zero attached hydrogens (tertiary/aromatic N) is 3. The van der Waals surface area contributed by atoms with Crippen molar-refractivity contribution in [2.75, 3.05) is 13.1 Å². The predicted octanol–water partition coefficient (Wildman–Crippen LogP) is 4.72. The molecule has 7 rings (SSSR count). The van der Waals surface area contributed by atoms with Crippen LogP contribution in [0, 0.1) is 23.2 Å². The third kappa shape index (κ3) is 2.75. The molecule has 4 aliphatic carbocycles. The summed E-state index contributed by atoms with van der Waals surface area (Å²) >= 11 is 1.63. The Balaban J connectivity index is 1.20. The first-order valence-electron chi connectivity index (χ1n) is 10.8. The lowest BCUT2D eigenvalue weighted by Gasteiger charge is -2.57. The summed E-state index contributed by atoms with van der Waals surface area (Å²) in [6.45, 7) is 1.63. The van der Waals surface area contributed by atoms with Crippen LogP contribution in [-0.2, 0) is 4.79 Å². The molecule has 0 N–H and O–H groups in total. The fraction of sp³-hybridized carbons (Fsp3) is 0.682. The predicted molar refractivity (Wildman–Crippen MR) is 107 cm³/mol. The monoisotopic (exact) mass is 397 g/mol. The maximum absolute atomic E-state index is 13.7. The third-order valence-electron chi connectivity index (χ3n) is 7.76. The molecule has 1 amide bonds. The largest absolute Gasteiger partial charge is 0.420 e. The van der Waals surface area contributed by atoms with E-state index in [1.807, 2.05) is 16.8 Å². The van der Waals surface area contributed by atoms with Crippen LogP contribution in [0.3, 0.4) is 0 Å². The summed E-state index contributed by atoms with van der Waals surface area (Å²) in [6, 6.07) is 2.01. The molecule has 6 heteroatoms. The Morgan fingerprint density at radius 1 is 1.14 bits per heavy atom. The number of carbonyl (C=O) groups excluding carboxylic acids is 1. The molecule has 3 heterocycles. The lowest BCUT2D eigenvalue weighted by Crippen LogP contribution is -2.55. The van der Waals surface area contributed by atoms with Gasteiger partial charge in [0.1, 0.15) is 0 Å². The smallest absolute Gasteiger partial charge is 0.248 e. The summed E-state index contributed by atoms with van der Waals surface area (Å²) in [5.41, 5.74) is 0.939. The van der Waals surface area contributed by atoms with Gasteiger partial charge < -0.3 is 9.32 Å². The van der Waals surface area contributed by atoms with E-state index >= 15 is 0 Å². The number of thiophene rings is 1. The van der Waals surface area contributed by atoms with E-state index in [0.717, 1.165) is 68.5 Å². The summed E-state index contributed by atoms with van der Waals surface area (Å²) in [5, 5.41) is 12.6. The van der Waals surface area contributed by atoms with Crippen LogP contribution in [0.4, 0.5) is 0 Å². The second-order valence-electron chi connectivity index (χ2n) is 9.75. The topological polar surface area (TPSA) is 59.2 Å². The van der Waals surface area contributed by atoms with Gasteiger partial charge in [-0.15, -0.1) is 10.2 Å². The van der Waals surface area contributed by atoms with E-state index in [4.69, 9.17) is 4.42 Å². The van der Waals surface area contributed by atoms with Gasteiger partial charge in [0.2, 0.25) is 17.7 Å². The van der Waals surface area contributed by atoms with Gasteiger partial charge in [0.15, 0.2) is 0 Å². The molecule has 1 unspecified atom stereocenters. The lowest BCUT2D eigenvalue weighted by atomic mass is 9.49. The standard InChI is InChI=1S/C22H27N3O2S/c26-21(22-9-14-6-15(10-22)8-16(7-14)11-22)25-4-1-2-17(12-25)19-23-24-20(27-19)18-3-5-28-13-18/h3,5,13-17H,1-2,4,6-12H2. The second kappa shape index (κ2) is 6.41. The molecule has 28 heavy (non-hydrogen) atoms. The van der Waals surface area contributed by atoms with Crippen molar-refractivity contribution in [1.29, 1.82) is 0 Å². The molecule has 148 valence electrons. The van der Waals surface area contributed by atoms with Gasteiger partial charge in [-0.25, -0.2) is 0 Å². The van der Waals surface area contributed by atoms with Crippen LogP contribution in [0.25, 0.3) is 11.5 Å². The minimum Gasteiger partial charge on any atom is -0.420 e. The van der Waals surface area contributed by atoms with Gasteiger partial charge >= 0.3 is 0 Å². The Bertz CT molecular complexity index is 839. The highest BCUT2D eigenvalue weighted by molar-refractivity contribution is 7.08. The molecule has 1 saturated heterocycles. The number of likely N-dealkylation sites (tertiary alicyclic amines) is 1. The van der Waals surface area contributed by atoms with Gasteiger partial charge in [-0.3, -0.25) is 4.79 Å². The van der Waals surface area contributed by atoms with Gasteiger partial charge in [-0.2, -0.15) is 11.3 Å². The lowest BCUT2D eigenvalue weighted by molar-refractivity contribution is -0.159. The molecular formula is C22H27N3O2S. The first-order valence-corrected chi connectivity index (χ1v) is 11.8. The first kappa shape index (κ1) is 17.2. The SMILES string of the molecule is O=C(N1CCCC(c2nnc(-c3ccsc3)o2)C1)C12CC3CC(CC(C3)C1)C2. The van der Waals surface area contributed by atoms with Crippen molar-refractivity contribution in [2.24, 2.45) is 23.2 Å². The Labute approximate surface area is 169 Å². The van der Waals surface area contributed by atoms with E-state index in [9.17, 15) is 4.79 Å². The highest BCUT2D eigenvalue weighted by atomic mass is 32.1. The Kier molecular flexibility index (Phi) is 3.94. The normalized spacial score (nSPS) is 36.8. The fourth-order valence-corrected chi connectivity index (χ4v) is 7.60. The zero-order valence-corrected chi connectivity index (χ0v) is 17.0. The van der Waals surface area contributed by atoms with Crippen LogP contribution >= 0.6 is 11.3 Å². The summed E-state index contributed by atoms with van der Waals surface area (Å²) in [6.07, 6.45) is 9.61. The van der Waals surface area contributed by atoms with Crippen LogP contribution in [0.5, 0.6) is 0 Å². The molecule has 2 aromatic heterocycles. The zero-order chi connectivity index (χ0) is 18.7. The molecule has 5 fully saturated rings. The minimum absolute atomic E-state index is 0.0483. The summed E-state index contributed by atoms with van der Waals surface area (Å²) in [7, 11) is 0. The van der Waals surface area contributed by atoms with E-state index < -0.39 is 0 Å². The van der Waals surface area contributed by atoms with Crippen molar-refractivity contribution < 1.29 is 9.21 Å². The van der Waals surface area contributed by atoms with Gasteiger partial charge in [0.05, 0.1) is 11.3 Å². The molecular weight excluding hydrogens is 370 g/mol. The maximum Gasteiger partial charge on any atom is 0.248 e. The number of rotatable bonds is 3. The Morgan fingerprint density at radius 2 is 1.89 bits per heavy atom. The molecule has 1 atom stereocenters. The van der Waals surface area contributed by atoms with E-state index in [-0.39, 0.29) is 11.3 Å². The van der Waals surface area contributed by atoms with E-state index in [0.29, 0.717) is 17.7 Å². The van der Waals surface area contributed by atoms with Crippen LogP contribution < -0.4 is 0 Å². The number of hydrogen-bond acceptors (Lipinski definition) is 5. The van der Waals surface area contributed by atoms with Crippen molar-refractivity contribution in [3.8, 4) is 11.5 Å². The van der Waals surface area contributed by atoms with Crippen LogP contribution in [0.2, 0.25) is 0 Å². The summed E-state index contributed by atoms with van der Waals surface area (Å²) < 4.78 is 5.99. The number of hydrogen-bond donors (Lipinski definition) is 0.